The standard InChI is InChI=1S/C17H16N2O2/c20-17(21)16(12-6-2-1-3-7-12)19-11-13-10-18-15-9-5-4-8-14(13)15/h1-10,16,18-19H,11H2,(H,20,21)/t16-/m0/s1. The zero-order valence-corrected chi connectivity index (χ0v) is 11.4. The summed E-state index contributed by atoms with van der Waals surface area (Å²) in [5, 5.41) is 13.6. The fourth-order valence-electron chi connectivity index (χ4n) is 2.48. The van der Waals surface area contributed by atoms with Gasteiger partial charge < -0.3 is 10.1 Å². The summed E-state index contributed by atoms with van der Waals surface area (Å²) in [7, 11) is 0. The number of rotatable bonds is 5. The second kappa shape index (κ2) is 5.81. The zero-order valence-electron chi connectivity index (χ0n) is 11.4. The summed E-state index contributed by atoms with van der Waals surface area (Å²) in [6, 6.07) is 16.5. The summed E-state index contributed by atoms with van der Waals surface area (Å²) in [4.78, 5) is 14.6. The number of H-pyrrole nitrogens is 1. The second-order valence-corrected chi connectivity index (χ2v) is 4.92. The first-order valence-electron chi connectivity index (χ1n) is 6.82. The van der Waals surface area contributed by atoms with Crippen molar-refractivity contribution in [2.45, 2.75) is 12.6 Å². The highest BCUT2D eigenvalue weighted by Crippen LogP contribution is 2.19. The molecule has 0 unspecified atom stereocenters. The lowest BCUT2D eigenvalue weighted by Gasteiger charge is -2.14. The maximum atomic E-state index is 11.5. The second-order valence-electron chi connectivity index (χ2n) is 4.92. The first-order valence-corrected chi connectivity index (χ1v) is 6.82. The Hall–Kier alpha value is -2.59. The number of benzene rings is 2. The third-order valence-corrected chi connectivity index (χ3v) is 3.55. The van der Waals surface area contributed by atoms with Gasteiger partial charge in [-0.1, -0.05) is 48.5 Å². The molecule has 106 valence electrons. The molecule has 3 rings (SSSR count). The molecule has 0 saturated heterocycles. The van der Waals surface area contributed by atoms with Crippen LogP contribution in [0, 0.1) is 0 Å². The number of aliphatic carboxylic acids is 1. The molecule has 1 heterocycles. The summed E-state index contributed by atoms with van der Waals surface area (Å²) in [6.07, 6.45) is 1.92. The summed E-state index contributed by atoms with van der Waals surface area (Å²) < 4.78 is 0. The van der Waals surface area contributed by atoms with Crippen molar-refractivity contribution in [2.75, 3.05) is 0 Å². The molecule has 1 atom stereocenters. The van der Waals surface area contributed by atoms with Crippen LogP contribution in [0.5, 0.6) is 0 Å². The van der Waals surface area contributed by atoms with Crippen LogP contribution >= 0.6 is 0 Å². The van der Waals surface area contributed by atoms with E-state index in [2.05, 4.69) is 10.3 Å². The van der Waals surface area contributed by atoms with Crippen molar-refractivity contribution < 1.29 is 9.90 Å². The van der Waals surface area contributed by atoms with Gasteiger partial charge in [-0.15, -0.1) is 0 Å². The molecule has 4 nitrogen and oxygen atoms in total. The Morgan fingerprint density at radius 3 is 2.57 bits per heavy atom. The van der Waals surface area contributed by atoms with Crippen molar-refractivity contribution >= 4 is 16.9 Å². The number of nitrogens with one attached hydrogen (secondary N) is 2. The van der Waals surface area contributed by atoms with Gasteiger partial charge in [0.25, 0.3) is 0 Å². The van der Waals surface area contributed by atoms with Crippen molar-refractivity contribution in [1.82, 2.24) is 10.3 Å². The van der Waals surface area contributed by atoms with Gasteiger partial charge in [0.15, 0.2) is 0 Å². The molecule has 0 aliphatic rings. The van der Waals surface area contributed by atoms with Crippen molar-refractivity contribution in [1.29, 1.82) is 0 Å². The van der Waals surface area contributed by atoms with Gasteiger partial charge in [-0.25, -0.2) is 0 Å². The average molecular weight is 280 g/mol. The normalized spacial score (nSPS) is 12.4. The Morgan fingerprint density at radius 1 is 1.10 bits per heavy atom. The highest BCUT2D eigenvalue weighted by Gasteiger charge is 2.19. The number of fused-ring (bicyclic) bond motifs is 1. The molecule has 0 bridgehead atoms. The van der Waals surface area contributed by atoms with Crippen LogP contribution < -0.4 is 5.32 Å². The number of para-hydroxylation sites is 1. The van der Waals surface area contributed by atoms with E-state index in [1.165, 1.54) is 0 Å². The van der Waals surface area contributed by atoms with Crippen molar-refractivity contribution in [3.63, 3.8) is 0 Å². The number of carbonyl (C=O) groups is 1. The van der Waals surface area contributed by atoms with Crippen LogP contribution in [0.3, 0.4) is 0 Å². The largest absolute Gasteiger partial charge is 0.480 e. The van der Waals surface area contributed by atoms with Gasteiger partial charge in [-0.05, 0) is 17.2 Å². The smallest absolute Gasteiger partial charge is 0.325 e. The molecule has 0 amide bonds. The summed E-state index contributed by atoms with van der Waals surface area (Å²) in [5.74, 6) is -0.874. The molecule has 0 fully saturated rings. The Bertz CT molecular complexity index is 750. The molecule has 0 aliphatic carbocycles. The van der Waals surface area contributed by atoms with Crippen molar-refractivity contribution in [3.8, 4) is 0 Å². The topological polar surface area (TPSA) is 65.1 Å². The fourth-order valence-corrected chi connectivity index (χ4v) is 2.48. The van der Waals surface area contributed by atoms with Gasteiger partial charge in [0.1, 0.15) is 6.04 Å². The van der Waals surface area contributed by atoms with Gasteiger partial charge in [-0.3, -0.25) is 10.1 Å². The molecular weight excluding hydrogens is 264 g/mol. The third-order valence-electron chi connectivity index (χ3n) is 3.55. The highest BCUT2D eigenvalue weighted by atomic mass is 16.4. The number of aromatic nitrogens is 1. The number of hydrogen-bond acceptors (Lipinski definition) is 2. The van der Waals surface area contributed by atoms with Crippen molar-refractivity contribution in [3.05, 3.63) is 71.9 Å². The Balaban J connectivity index is 1.80. The van der Waals surface area contributed by atoms with E-state index < -0.39 is 12.0 Å². The average Bonchev–Trinajstić information content (AvgIpc) is 2.92. The Labute approximate surface area is 122 Å². The Kier molecular flexibility index (Phi) is 3.71. The lowest BCUT2D eigenvalue weighted by atomic mass is 10.1. The minimum Gasteiger partial charge on any atom is -0.480 e. The van der Waals surface area contributed by atoms with E-state index >= 15 is 0 Å². The number of aromatic amines is 1. The van der Waals surface area contributed by atoms with Crippen LogP contribution in [0.4, 0.5) is 0 Å². The SMILES string of the molecule is O=C(O)[C@@H](NCc1c[nH]c2ccccc12)c1ccccc1. The number of carboxylic acid groups (broad SMARTS) is 1. The maximum absolute atomic E-state index is 11.5. The molecule has 0 radical (unpaired) electrons. The highest BCUT2D eigenvalue weighted by molar-refractivity contribution is 5.83. The summed E-state index contributed by atoms with van der Waals surface area (Å²) in [5.41, 5.74) is 2.87. The Morgan fingerprint density at radius 2 is 1.81 bits per heavy atom. The summed E-state index contributed by atoms with van der Waals surface area (Å²) >= 11 is 0. The van der Waals surface area contributed by atoms with Crippen molar-refractivity contribution in [2.24, 2.45) is 0 Å². The quantitative estimate of drug-likeness (QED) is 0.673. The van der Waals surface area contributed by atoms with E-state index in [4.69, 9.17) is 0 Å². The van der Waals surface area contributed by atoms with E-state index in [1.807, 2.05) is 60.8 Å². The predicted octanol–water partition coefficient (Wildman–Crippen LogP) is 3.08. The summed E-state index contributed by atoms with van der Waals surface area (Å²) in [6.45, 7) is 0.496. The van der Waals surface area contributed by atoms with E-state index in [-0.39, 0.29) is 0 Å². The monoisotopic (exact) mass is 280 g/mol. The predicted molar refractivity (Wildman–Crippen MR) is 82.0 cm³/mol. The molecule has 0 spiro atoms. The maximum Gasteiger partial charge on any atom is 0.325 e. The molecule has 3 aromatic rings. The van der Waals surface area contributed by atoms with Gasteiger partial charge in [0, 0.05) is 23.6 Å². The van der Waals surface area contributed by atoms with E-state index in [9.17, 15) is 9.90 Å². The minimum atomic E-state index is -0.874. The van der Waals surface area contributed by atoms with E-state index in [0.717, 1.165) is 22.0 Å². The third kappa shape index (κ3) is 2.80. The molecule has 4 heteroatoms. The van der Waals surface area contributed by atoms with Gasteiger partial charge in [0.2, 0.25) is 0 Å². The number of carboxylic acids is 1. The molecule has 3 N–H and O–H groups in total. The first kappa shape index (κ1) is 13.4. The van der Waals surface area contributed by atoms with Gasteiger partial charge >= 0.3 is 5.97 Å². The van der Waals surface area contributed by atoms with Crippen LogP contribution in [0.2, 0.25) is 0 Å². The molecule has 0 saturated carbocycles. The molecule has 1 aromatic heterocycles. The van der Waals surface area contributed by atoms with Crippen LogP contribution in [-0.4, -0.2) is 16.1 Å². The zero-order chi connectivity index (χ0) is 14.7. The first-order chi connectivity index (χ1) is 10.3. The van der Waals surface area contributed by atoms with Gasteiger partial charge in [0.05, 0.1) is 0 Å². The molecule has 21 heavy (non-hydrogen) atoms. The fraction of sp³-hybridized carbons (Fsp3) is 0.118. The number of hydrogen-bond donors (Lipinski definition) is 3. The lowest BCUT2D eigenvalue weighted by molar-refractivity contribution is -0.139. The minimum absolute atomic E-state index is 0.496. The molecular formula is C17H16N2O2. The van der Waals surface area contributed by atoms with Crippen LogP contribution in [-0.2, 0) is 11.3 Å². The molecule has 2 aromatic carbocycles. The van der Waals surface area contributed by atoms with E-state index in [0.29, 0.717) is 6.54 Å². The van der Waals surface area contributed by atoms with Gasteiger partial charge in [-0.2, -0.15) is 0 Å². The lowest BCUT2D eigenvalue weighted by Crippen LogP contribution is -2.27. The van der Waals surface area contributed by atoms with Crippen LogP contribution in [0.15, 0.2) is 60.8 Å². The van der Waals surface area contributed by atoms with Crippen LogP contribution in [0.1, 0.15) is 17.2 Å². The van der Waals surface area contributed by atoms with Crippen LogP contribution in [0.25, 0.3) is 10.9 Å². The molecule has 0 aliphatic heterocycles. The van der Waals surface area contributed by atoms with E-state index in [1.54, 1.807) is 0 Å².